The van der Waals surface area contributed by atoms with Crippen molar-refractivity contribution >= 4 is 29.9 Å². The third kappa shape index (κ3) is 5.89. The summed E-state index contributed by atoms with van der Waals surface area (Å²) in [5.41, 5.74) is 8.74. The molecule has 2 rings (SSSR count). The van der Waals surface area contributed by atoms with E-state index in [0.717, 1.165) is 39.4 Å². The fraction of sp³-hybridized carbons (Fsp3) is 0.611. The second-order valence-electron chi connectivity index (χ2n) is 5.95. The molecule has 1 aromatic carbocycles. The zero-order valence-electron chi connectivity index (χ0n) is 15.1. The Morgan fingerprint density at radius 1 is 1.29 bits per heavy atom. The summed E-state index contributed by atoms with van der Waals surface area (Å²) in [6, 6.07) is 8.95. The molecule has 1 aliphatic heterocycles. The normalized spacial score (nSPS) is 17.2. The van der Waals surface area contributed by atoms with Crippen LogP contribution < -0.4 is 5.73 Å². The van der Waals surface area contributed by atoms with E-state index in [1.807, 2.05) is 0 Å². The van der Waals surface area contributed by atoms with Crippen LogP contribution in [0.1, 0.15) is 31.0 Å². The maximum Gasteiger partial charge on any atom is 0.191 e. The van der Waals surface area contributed by atoms with Gasteiger partial charge in [0.25, 0.3) is 0 Å². The third-order valence-electron chi connectivity index (χ3n) is 4.43. The van der Waals surface area contributed by atoms with Crippen LogP contribution >= 0.6 is 24.0 Å². The van der Waals surface area contributed by atoms with Gasteiger partial charge in [0.15, 0.2) is 5.96 Å². The molecule has 24 heavy (non-hydrogen) atoms. The van der Waals surface area contributed by atoms with E-state index < -0.39 is 0 Å². The highest BCUT2D eigenvalue weighted by atomic mass is 127. The fourth-order valence-corrected chi connectivity index (χ4v) is 3.03. The Morgan fingerprint density at radius 2 is 1.96 bits per heavy atom. The summed E-state index contributed by atoms with van der Waals surface area (Å²) < 4.78 is 5.50. The largest absolute Gasteiger partial charge is 0.379 e. The Bertz CT molecular complexity index is 513. The molecule has 0 bridgehead atoms. The first-order valence-corrected chi connectivity index (χ1v) is 8.59. The van der Waals surface area contributed by atoms with E-state index in [4.69, 9.17) is 10.5 Å². The number of nitrogens with zero attached hydrogens (tertiary/aromatic N) is 3. The number of halogens is 1. The lowest BCUT2D eigenvalue weighted by Gasteiger charge is -2.34. The molecule has 0 aromatic heterocycles. The van der Waals surface area contributed by atoms with E-state index in [-0.39, 0.29) is 30.0 Å². The third-order valence-corrected chi connectivity index (χ3v) is 4.43. The summed E-state index contributed by atoms with van der Waals surface area (Å²) in [5, 5.41) is 0. The standard InChI is InChI=1S/C18H30N4O.HI/c1-4-21(5-2)18(19)20-14-17(22-9-11-23-12-10-22)16-8-6-7-15(3)13-16;/h6-8,13,17H,4-5,9-12,14H2,1-3H3,(H2,19,20);1H. The summed E-state index contributed by atoms with van der Waals surface area (Å²) in [7, 11) is 0. The summed E-state index contributed by atoms with van der Waals surface area (Å²) >= 11 is 0. The summed E-state index contributed by atoms with van der Waals surface area (Å²) in [4.78, 5) is 9.23. The van der Waals surface area contributed by atoms with Crippen LogP contribution in [-0.4, -0.2) is 61.7 Å². The van der Waals surface area contributed by atoms with Crippen molar-refractivity contribution in [1.82, 2.24) is 9.80 Å². The number of hydrogen-bond donors (Lipinski definition) is 1. The lowest BCUT2D eigenvalue weighted by molar-refractivity contribution is 0.0179. The molecule has 0 amide bonds. The van der Waals surface area contributed by atoms with Crippen LogP contribution in [0.4, 0.5) is 0 Å². The number of aryl methyl sites for hydroxylation is 1. The van der Waals surface area contributed by atoms with Gasteiger partial charge in [-0.05, 0) is 26.3 Å². The molecular weight excluding hydrogens is 415 g/mol. The number of guanidine groups is 1. The van der Waals surface area contributed by atoms with Crippen molar-refractivity contribution in [2.45, 2.75) is 26.8 Å². The van der Waals surface area contributed by atoms with Crippen LogP contribution in [0, 0.1) is 6.92 Å². The van der Waals surface area contributed by atoms with Gasteiger partial charge in [-0.1, -0.05) is 29.8 Å². The first-order valence-electron chi connectivity index (χ1n) is 8.59. The van der Waals surface area contributed by atoms with Gasteiger partial charge in [-0.3, -0.25) is 9.89 Å². The van der Waals surface area contributed by atoms with Crippen molar-refractivity contribution in [3.63, 3.8) is 0 Å². The van der Waals surface area contributed by atoms with Crippen LogP contribution in [0.3, 0.4) is 0 Å². The van der Waals surface area contributed by atoms with Crippen molar-refractivity contribution in [1.29, 1.82) is 0 Å². The number of ether oxygens (including phenoxy) is 1. The highest BCUT2D eigenvalue weighted by Gasteiger charge is 2.22. The van der Waals surface area contributed by atoms with Crippen LogP contribution in [0.15, 0.2) is 29.3 Å². The van der Waals surface area contributed by atoms with Gasteiger partial charge in [0.1, 0.15) is 0 Å². The lowest BCUT2D eigenvalue weighted by Crippen LogP contribution is -2.41. The minimum absolute atomic E-state index is 0. The number of rotatable bonds is 6. The van der Waals surface area contributed by atoms with Gasteiger partial charge in [0.05, 0.1) is 25.8 Å². The van der Waals surface area contributed by atoms with Gasteiger partial charge in [0, 0.05) is 26.2 Å². The highest BCUT2D eigenvalue weighted by molar-refractivity contribution is 14.0. The van der Waals surface area contributed by atoms with Gasteiger partial charge in [0.2, 0.25) is 0 Å². The van der Waals surface area contributed by atoms with E-state index >= 15 is 0 Å². The van der Waals surface area contributed by atoms with Gasteiger partial charge in [-0.15, -0.1) is 24.0 Å². The summed E-state index contributed by atoms with van der Waals surface area (Å²) in [6.45, 7) is 12.3. The van der Waals surface area contributed by atoms with Crippen molar-refractivity contribution in [3.8, 4) is 0 Å². The van der Waals surface area contributed by atoms with Crippen LogP contribution in [-0.2, 0) is 4.74 Å². The molecule has 0 saturated carbocycles. The molecule has 0 aliphatic carbocycles. The number of aliphatic imine (C=N–C) groups is 1. The SMILES string of the molecule is CCN(CC)C(N)=NCC(c1cccc(C)c1)N1CCOCC1.I. The van der Waals surface area contributed by atoms with Crippen molar-refractivity contribution < 1.29 is 4.74 Å². The molecule has 5 nitrogen and oxygen atoms in total. The van der Waals surface area contributed by atoms with Crippen molar-refractivity contribution in [3.05, 3.63) is 35.4 Å². The van der Waals surface area contributed by atoms with Gasteiger partial charge in [-0.25, -0.2) is 0 Å². The molecule has 1 fully saturated rings. The predicted octanol–water partition coefficient (Wildman–Crippen LogP) is 2.64. The monoisotopic (exact) mass is 446 g/mol. The zero-order valence-corrected chi connectivity index (χ0v) is 17.4. The van der Waals surface area contributed by atoms with E-state index in [0.29, 0.717) is 12.5 Å². The van der Waals surface area contributed by atoms with E-state index in [1.165, 1.54) is 11.1 Å². The molecule has 0 radical (unpaired) electrons. The van der Waals surface area contributed by atoms with E-state index in [2.05, 4.69) is 59.8 Å². The predicted molar refractivity (Wildman–Crippen MR) is 111 cm³/mol. The van der Waals surface area contributed by atoms with Crippen molar-refractivity contribution in [2.24, 2.45) is 10.7 Å². The topological polar surface area (TPSA) is 54.1 Å². The number of nitrogens with two attached hydrogens (primary N) is 1. The quantitative estimate of drug-likeness (QED) is 0.415. The smallest absolute Gasteiger partial charge is 0.191 e. The molecule has 0 spiro atoms. The second kappa shape index (κ2) is 10.9. The average molecular weight is 446 g/mol. The molecular formula is C18H31IN4O. The molecule has 1 unspecified atom stereocenters. The number of morpholine rings is 1. The Kier molecular flexibility index (Phi) is 9.61. The van der Waals surface area contributed by atoms with E-state index in [1.54, 1.807) is 0 Å². The highest BCUT2D eigenvalue weighted by Crippen LogP contribution is 2.23. The minimum atomic E-state index is 0. The first kappa shape index (κ1) is 21.2. The molecule has 6 heteroatoms. The summed E-state index contributed by atoms with van der Waals surface area (Å²) in [5.74, 6) is 0.640. The van der Waals surface area contributed by atoms with Gasteiger partial charge in [-0.2, -0.15) is 0 Å². The second-order valence-corrected chi connectivity index (χ2v) is 5.95. The van der Waals surface area contributed by atoms with Crippen LogP contribution in [0.5, 0.6) is 0 Å². The number of hydrogen-bond acceptors (Lipinski definition) is 3. The molecule has 1 saturated heterocycles. The van der Waals surface area contributed by atoms with Crippen LogP contribution in [0.2, 0.25) is 0 Å². The maximum atomic E-state index is 6.16. The molecule has 1 atom stereocenters. The zero-order chi connectivity index (χ0) is 16.7. The molecule has 136 valence electrons. The Hall–Kier alpha value is -0.860. The van der Waals surface area contributed by atoms with E-state index in [9.17, 15) is 0 Å². The molecule has 1 heterocycles. The Balaban J connectivity index is 0.00000288. The minimum Gasteiger partial charge on any atom is -0.379 e. The first-order chi connectivity index (χ1) is 11.2. The Labute approximate surface area is 163 Å². The molecule has 2 N–H and O–H groups in total. The van der Waals surface area contributed by atoms with Crippen molar-refractivity contribution in [2.75, 3.05) is 45.9 Å². The van der Waals surface area contributed by atoms with Gasteiger partial charge < -0.3 is 15.4 Å². The maximum absolute atomic E-state index is 6.16. The van der Waals surface area contributed by atoms with Crippen LogP contribution in [0.25, 0.3) is 0 Å². The van der Waals surface area contributed by atoms with Gasteiger partial charge >= 0.3 is 0 Å². The molecule has 1 aliphatic rings. The molecule has 1 aromatic rings. The fourth-order valence-electron chi connectivity index (χ4n) is 3.03. The summed E-state index contributed by atoms with van der Waals surface area (Å²) in [6.07, 6.45) is 0. The Morgan fingerprint density at radius 3 is 2.54 bits per heavy atom. The lowest BCUT2D eigenvalue weighted by atomic mass is 10.0. The number of benzene rings is 1. The average Bonchev–Trinajstić information content (AvgIpc) is 2.57.